The molecule has 0 saturated heterocycles. The first-order valence-electron chi connectivity index (χ1n) is 6.31. The lowest BCUT2D eigenvalue weighted by Gasteiger charge is -2.28. The maximum Gasteiger partial charge on any atom is 0.320 e. The molecule has 2 fully saturated rings. The lowest BCUT2D eigenvalue weighted by Crippen LogP contribution is -2.44. The molecule has 2 saturated carbocycles. The smallest absolute Gasteiger partial charge is 0.320 e. The van der Waals surface area contributed by atoms with Crippen LogP contribution < -0.4 is 0 Å². The van der Waals surface area contributed by atoms with Crippen molar-refractivity contribution in [3.63, 3.8) is 0 Å². The van der Waals surface area contributed by atoms with Crippen LogP contribution in [0.25, 0.3) is 0 Å². The molecule has 0 spiro atoms. The molecule has 0 radical (unpaired) electrons. The number of rotatable bonds is 6. The molecule has 0 bridgehead atoms. The summed E-state index contributed by atoms with van der Waals surface area (Å²) in [7, 11) is 1.69. The van der Waals surface area contributed by atoms with E-state index < -0.39 is 5.97 Å². The highest BCUT2D eigenvalue weighted by Crippen LogP contribution is 2.35. The fraction of sp³-hybridized carbons (Fsp3) is 0.833. The summed E-state index contributed by atoms with van der Waals surface area (Å²) in [6.45, 7) is 1.16. The Labute approximate surface area is 101 Å². The van der Waals surface area contributed by atoms with Gasteiger partial charge in [-0.2, -0.15) is 0 Å². The van der Waals surface area contributed by atoms with Gasteiger partial charge in [-0.3, -0.25) is 4.79 Å². The van der Waals surface area contributed by atoms with Crippen molar-refractivity contribution < 1.29 is 14.7 Å². The van der Waals surface area contributed by atoms with Gasteiger partial charge in [0.05, 0.1) is 6.42 Å². The minimum Gasteiger partial charge on any atom is -0.481 e. The molecule has 96 valence electrons. The highest BCUT2D eigenvalue weighted by molar-refractivity contribution is 5.76. The molecule has 2 aliphatic carbocycles. The van der Waals surface area contributed by atoms with Crippen LogP contribution >= 0.6 is 0 Å². The minimum absolute atomic E-state index is 0.000602. The summed E-state index contributed by atoms with van der Waals surface area (Å²) >= 11 is 0. The summed E-state index contributed by atoms with van der Waals surface area (Å²) in [6.07, 6.45) is 4.69. The minimum atomic E-state index is -0.857. The average Bonchev–Trinajstić information content (AvgIpc) is 3.13. The van der Waals surface area contributed by atoms with E-state index in [4.69, 9.17) is 5.11 Å². The van der Waals surface area contributed by atoms with Gasteiger partial charge in [-0.1, -0.05) is 0 Å². The maximum absolute atomic E-state index is 12.2. The standard InChI is InChI=1S/C12H20N2O3/c1-13(7-6-11(15)16)12(17)14(10-4-5-10)8-9-2-3-9/h9-10H,2-8H2,1H3,(H,15,16). The number of carboxylic acids is 1. The summed E-state index contributed by atoms with van der Waals surface area (Å²) < 4.78 is 0. The highest BCUT2D eigenvalue weighted by atomic mass is 16.4. The molecule has 0 heterocycles. The van der Waals surface area contributed by atoms with Crippen LogP contribution in [0.4, 0.5) is 4.79 Å². The molecule has 2 aliphatic rings. The molecule has 5 heteroatoms. The van der Waals surface area contributed by atoms with Gasteiger partial charge in [0.15, 0.2) is 0 Å². The Bertz CT molecular complexity index is 311. The monoisotopic (exact) mass is 240 g/mol. The van der Waals surface area contributed by atoms with Crippen LogP contribution in [0.15, 0.2) is 0 Å². The first-order chi connectivity index (χ1) is 8.08. The zero-order valence-electron chi connectivity index (χ0n) is 10.3. The zero-order chi connectivity index (χ0) is 12.4. The largest absolute Gasteiger partial charge is 0.481 e. The molecule has 0 aliphatic heterocycles. The van der Waals surface area contributed by atoms with Crippen molar-refractivity contribution in [2.24, 2.45) is 5.92 Å². The van der Waals surface area contributed by atoms with E-state index in [2.05, 4.69) is 0 Å². The van der Waals surface area contributed by atoms with Crippen LogP contribution in [-0.4, -0.2) is 53.1 Å². The van der Waals surface area contributed by atoms with E-state index in [1.165, 1.54) is 17.7 Å². The van der Waals surface area contributed by atoms with Crippen molar-refractivity contribution in [1.29, 1.82) is 0 Å². The third-order valence-electron chi connectivity index (χ3n) is 3.37. The molecular weight excluding hydrogens is 220 g/mol. The van der Waals surface area contributed by atoms with Gasteiger partial charge >= 0.3 is 12.0 Å². The molecule has 5 nitrogen and oxygen atoms in total. The van der Waals surface area contributed by atoms with E-state index in [1.54, 1.807) is 7.05 Å². The maximum atomic E-state index is 12.2. The van der Waals surface area contributed by atoms with E-state index in [0.29, 0.717) is 18.5 Å². The van der Waals surface area contributed by atoms with Gasteiger partial charge in [-0.15, -0.1) is 0 Å². The van der Waals surface area contributed by atoms with Crippen molar-refractivity contribution in [3.05, 3.63) is 0 Å². The molecule has 2 rings (SSSR count). The summed E-state index contributed by atoms with van der Waals surface area (Å²) in [4.78, 5) is 26.1. The zero-order valence-corrected chi connectivity index (χ0v) is 10.3. The lowest BCUT2D eigenvalue weighted by molar-refractivity contribution is -0.137. The Kier molecular flexibility index (Phi) is 3.54. The summed E-state index contributed by atoms with van der Waals surface area (Å²) in [5, 5.41) is 8.61. The Balaban J connectivity index is 1.83. The topological polar surface area (TPSA) is 60.9 Å². The van der Waals surface area contributed by atoms with E-state index in [1.807, 2.05) is 4.90 Å². The fourth-order valence-electron chi connectivity index (χ4n) is 1.93. The van der Waals surface area contributed by atoms with Gasteiger partial charge in [0, 0.05) is 26.2 Å². The third-order valence-corrected chi connectivity index (χ3v) is 3.37. The molecule has 1 N–H and O–H groups in total. The number of carbonyl (C=O) groups excluding carboxylic acids is 1. The van der Waals surface area contributed by atoms with Crippen LogP contribution in [0.2, 0.25) is 0 Å². The molecule has 17 heavy (non-hydrogen) atoms. The number of carbonyl (C=O) groups is 2. The van der Waals surface area contributed by atoms with Crippen molar-refractivity contribution >= 4 is 12.0 Å². The lowest BCUT2D eigenvalue weighted by atomic mass is 10.3. The van der Waals surface area contributed by atoms with Gasteiger partial charge < -0.3 is 14.9 Å². The quantitative estimate of drug-likeness (QED) is 0.763. The molecule has 0 aromatic heterocycles. The first-order valence-corrected chi connectivity index (χ1v) is 6.31. The second kappa shape index (κ2) is 4.94. The highest BCUT2D eigenvalue weighted by Gasteiger charge is 2.37. The number of amides is 2. The Morgan fingerprint density at radius 2 is 1.88 bits per heavy atom. The third kappa shape index (κ3) is 3.61. The summed E-state index contributed by atoms with van der Waals surface area (Å²) in [5.41, 5.74) is 0. The number of nitrogens with zero attached hydrogens (tertiary/aromatic N) is 2. The summed E-state index contributed by atoms with van der Waals surface area (Å²) in [5.74, 6) is -0.169. The van der Waals surface area contributed by atoms with Gasteiger partial charge in [0.1, 0.15) is 0 Å². The van der Waals surface area contributed by atoms with Gasteiger partial charge in [-0.05, 0) is 31.6 Å². The average molecular weight is 240 g/mol. The molecular formula is C12H20N2O3. The van der Waals surface area contributed by atoms with Gasteiger partial charge in [0.25, 0.3) is 0 Å². The number of urea groups is 1. The SMILES string of the molecule is CN(CCC(=O)O)C(=O)N(CC1CC1)C1CC1. The second-order valence-electron chi connectivity index (χ2n) is 5.17. The predicted molar refractivity (Wildman–Crippen MR) is 62.7 cm³/mol. The number of carboxylic acid groups (broad SMARTS) is 1. The second-order valence-corrected chi connectivity index (χ2v) is 5.17. The van der Waals surface area contributed by atoms with E-state index in [0.717, 1.165) is 19.4 Å². The van der Waals surface area contributed by atoms with Crippen LogP contribution in [0.3, 0.4) is 0 Å². The molecule has 0 aromatic rings. The Morgan fingerprint density at radius 3 is 2.35 bits per heavy atom. The number of hydrogen-bond donors (Lipinski definition) is 1. The predicted octanol–water partition coefficient (Wildman–Crippen LogP) is 1.39. The number of aliphatic carboxylic acids is 1. The van der Waals surface area contributed by atoms with E-state index in [9.17, 15) is 9.59 Å². The van der Waals surface area contributed by atoms with Crippen molar-refractivity contribution in [2.75, 3.05) is 20.1 Å². The van der Waals surface area contributed by atoms with Crippen LogP contribution in [-0.2, 0) is 4.79 Å². The van der Waals surface area contributed by atoms with Gasteiger partial charge in [0.2, 0.25) is 0 Å². The van der Waals surface area contributed by atoms with E-state index >= 15 is 0 Å². The fourth-order valence-corrected chi connectivity index (χ4v) is 1.93. The van der Waals surface area contributed by atoms with Crippen molar-refractivity contribution in [3.8, 4) is 0 Å². The van der Waals surface area contributed by atoms with Crippen LogP contribution in [0, 0.1) is 5.92 Å². The van der Waals surface area contributed by atoms with Crippen molar-refractivity contribution in [1.82, 2.24) is 9.80 Å². The van der Waals surface area contributed by atoms with Crippen LogP contribution in [0.5, 0.6) is 0 Å². The Hall–Kier alpha value is -1.26. The molecule has 0 atom stereocenters. The van der Waals surface area contributed by atoms with E-state index in [-0.39, 0.29) is 12.5 Å². The number of hydrogen-bond acceptors (Lipinski definition) is 2. The first kappa shape index (κ1) is 12.2. The normalized spacial score (nSPS) is 18.9. The molecule has 0 aromatic carbocycles. The van der Waals surface area contributed by atoms with Crippen LogP contribution in [0.1, 0.15) is 32.1 Å². The van der Waals surface area contributed by atoms with Gasteiger partial charge in [-0.25, -0.2) is 4.79 Å². The molecule has 0 unspecified atom stereocenters. The summed E-state index contributed by atoms with van der Waals surface area (Å²) in [6, 6.07) is 0.413. The molecule has 2 amide bonds. The van der Waals surface area contributed by atoms with Crippen molar-refractivity contribution in [2.45, 2.75) is 38.1 Å². The Morgan fingerprint density at radius 1 is 1.24 bits per heavy atom.